The molecule has 0 unspecified atom stereocenters. The van der Waals surface area contributed by atoms with Gasteiger partial charge in [-0.15, -0.1) is 0 Å². The van der Waals surface area contributed by atoms with Gasteiger partial charge in [0.1, 0.15) is 0 Å². The summed E-state index contributed by atoms with van der Waals surface area (Å²) in [5.74, 6) is -3.65. The summed E-state index contributed by atoms with van der Waals surface area (Å²) in [4.78, 5) is 18.2. The van der Waals surface area contributed by atoms with Gasteiger partial charge in [0.15, 0.2) is 0 Å². The fourth-order valence-corrected chi connectivity index (χ4v) is 5.66. The number of hydrogen-bond acceptors (Lipinski definition) is 9. The summed E-state index contributed by atoms with van der Waals surface area (Å²) in [6.07, 6.45) is 0. The molecule has 0 radical (unpaired) electrons. The van der Waals surface area contributed by atoms with Gasteiger partial charge in [-0.2, -0.15) is 0 Å². The van der Waals surface area contributed by atoms with E-state index in [-0.39, 0.29) is 26.4 Å². The Morgan fingerprint density at radius 1 is 0.792 bits per heavy atom. The Balaban J connectivity index is 0. The molecule has 0 rings (SSSR count). The Labute approximate surface area is 140 Å². The number of carboxylic acid groups (broad SMARTS) is 2. The maximum absolute atomic E-state index is 12.4. The van der Waals surface area contributed by atoms with Crippen LogP contribution in [0.3, 0.4) is 0 Å². The fourth-order valence-electron chi connectivity index (χ4n) is 1.27. The first-order chi connectivity index (χ1) is 11.0. The third-order valence-electron chi connectivity index (χ3n) is 2.07. The number of hydrogen-bond donors (Lipinski definition) is 3. The molecule has 0 aliphatic carbocycles. The van der Waals surface area contributed by atoms with Crippen LogP contribution in [0.4, 0.5) is 0 Å². The summed E-state index contributed by atoms with van der Waals surface area (Å²) in [5.41, 5.74) is 4.31. The molecule has 13 heteroatoms. The minimum atomic E-state index is -3.73. The van der Waals surface area contributed by atoms with E-state index in [1.807, 2.05) is 0 Å². The maximum atomic E-state index is 12.4. The van der Waals surface area contributed by atoms with Crippen LogP contribution in [0.5, 0.6) is 0 Å². The average Bonchev–Trinajstić information content (AvgIpc) is 2.48. The highest BCUT2D eigenvalue weighted by atomic mass is 31.2. The highest BCUT2D eigenvalue weighted by Crippen LogP contribution is 2.67. The van der Waals surface area contributed by atoms with E-state index in [1.54, 1.807) is 27.7 Å². The van der Waals surface area contributed by atoms with Gasteiger partial charge in [0.25, 0.3) is 0 Å². The second-order valence-electron chi connectivity index (χ2n) is 3.77. The van der Waals surface area contributed by atoms with Gasteiger partial charge >= 0.3 is 27.1 Å². The smallest absolute Gasteiger partial charge is 0.414 e. The van der Waals surface area contributed by atoms with E-state index in [0.29, 0.717) is 0 Å². The lowest BCUT2D eigenvalue weighted by atomic mass is 10.7. The topological polar surface area (TPSA) is 172 Å². The van der Waals surface area contributed by atoms with Crippen LogP contribution in [-0.4, -0.2) is 54.1 Å². The molecule has 0 saturated heterocycles. The first kappa shape index (κ1) is 25.4. The Morgan fingerprint density at radius 2 is 1.00 bits per heavy atom. The molecule has 144 valence electrons. The third kappa shape index (κ3) is 8.89. The molecule has 0 aliphatic rings. The van der Waals surface area contributed by atoms with Crippen molar-refractivity contribution < 1.29 is 47.0 Å². The quantitative estimate of drug-likeness (QED) is 0.365. The number of carboxylic acids is 2. The monoisotopic (exact) mass is 393 g/mol. The molecule has 4 N–H and O–H groups in total. The molecule has 0 aromatic carbocycles. The van der Waals surface area contributed by atoms with Crippen LogP contribution in [0.2, 0.25) is 0 Å². The Bertz CT molecular complexity index is 421. The largest absolute Gasteiger partial charge is 0.473 e. The SMILES string of the molecule is CCOP(=O)(OCC)C(N)P(=O)(OCC)OCC.O=C(O)C(=O)O. The second kappa shape index (κ2) is 12.5. The number of rotatable bonds is 10. The van der Waals surface area contributed by atoms with Gasteiger partial charge in [-0.1, -0.05) is 0 Å². The zero-order valence-corrected chi connectivity index (χ0v) is 15.8. The molecule has 0 spiro atoms. The highest BCUT2D eigenvalue weighted by Gasteiger charge is 2.48. The number of carbonyl (C=O) groups is 2. The molecular formula is C11H25NO10P2. The molecule has 0 fully saturated rings. The minimum Gasteiger partial charge on any atom is -0.473 e. The van der Waals surface area contributed by atoms with Gasteiger partial charge in [-0.25, -0.2) is 9.59 Å². The summed E-state index contributed by atoms with van der Waals surface area (Å²) in [6, 6.07) is 0. The van der Waals surface area contributed by atoms with E-state index < -0.39 is 32.7 Å². The van der Waals surface area contributed by atoms with E-state index in [2.05, 4.69) is 0 Å². The van der Waals surface area contributed by atoms with Gasteiger partial charge < -0.3 is 34.0 Å². The summed E-state index contributed by atoms with van der Waals surface area (Å²) in [5, 5.41) is 14.8. The molecule has 0 saturated carbocycles. The van der Waals surface area contributed by atoms with Crippen molar-refractivity contribution in [3.05, 3.63) is 0 Å². The van der Waals surface area contributed by atoms with E-state index in [9.17, 15) is 9.13 Å². The summed E-state index contributed by atoms with van der Waals surface area (Å²) >= 11 is 0. The number of nitrogens with two attached hydrogens (primary N) is 1. The van der Waals surface area contributed by atoms with Gasteiger partial charge in [0, 0.05) is 0 Å². The average molecular weight is 393 g/mol. The van der Waals surface area contributed by atoms with Crippen LogP contribution in [0.25, 0.3) is 0 Å². The lowest BCUT2D eigenvalue weighted by Crippen LogP contribution is -2.25. The standard InChI is InChI=1S/C9H23NO6P2.C2H2O4/c1-5-13-17(11,14-6-2)9(10)18(12,15-7-3)16-8-4;3-1(4)2(5)6/h9H,5-8,10H2,1-4H3;(H,3,4)(H,5,6). The van der Waals surface area contributed by atoms with Crippen LogP contribution in [0.1, 0.15) is 27.7 Å². The van der Waals surface area contributed by atoms with Gasteiger partial charge in [-0.05, 0) is 27.7 Å². The molecule has 0 bridgehead atoms. The lowest BCUT2D eigenvalue weighted by molar-refractivity contribution is -0.159. The molecule has 0 aromatic rings. The van der Waals surface area contributed by atoms with Crippen LogP contribution in [-0.2, 0) is 36.8 Å². The predicted molar refractivity (Wildman–Crippen MR) is 85.0 cm³/mol. The van der Waals surface area contributed by atoms with Crippen molar-refractivity contribution >= 4 is 27.1 Å². The molecule has 0 heterocycles. The normalized spacial score (nSPS) is 11.8. The number of aliphatic carboxylic acids is 2. The van der Waals surface area contributed by atoms with Crippen molar-refractivity contribution in [2.75, 3.05) is 26.4 Å². The molecule has 0 aromatic heterocycles. The van der Waals surface area contributed by atoms with E-state index in [4.69, 9.17) is 43.6 Å². The van der Waals surface area contributed by atoms with Gasteiger partial charge in [0.05, 0.1) is 26.4 Å². The Morgan fingerprint density at radius 3 is 1.12 bits per heavy atom. The summed E-state index contributed by atoms with van der Waals surface area (Å²) < 4.78 is 45.0. The Hall–Kier alpha value is -0.800. The summed E-state index contributed by atoms with van der Waals surface area (Å²) in [7, 11) is -7.45. The molecule has 0 amide bonds. The van der Waals surface area contributed by atoms with Crippen molar-refractivity contribution in [3.63, 3.8) is 0 Å². The lowest BCUT2D eigenvalue weighted by Gasteiger charge is -2.28. The van der Waals surface area contributed by atoms with Crippen molar-refractivity contribution in [3.8, 4) is 0 Å². The van der Waals surface area contributed by atoms with E-state index in [0.717, 1.165) is 0 Å². The molecule has 0 atom stereocenters. The van der Waals surface area contributed by atoms with Crippen LogP contribution < -0.4 is 5.73 Å². The molecular weight excluding hydrogens is 368 g/mol. The van der Waals surface area contributed by atoms with Crippen molar-refractivity contribution in [2.24, 2.45) is 5.73 Å². The Kier molecular flexibility index (Phi) is 13.3. The van der Waals surface area contributed by atoms with Crippen LogP contribution in [0.15, 0.2) is 0 Å². The second-order valence-corrected chi connectivity index (χ2v) is 8.49. The van der Waals surface area contributed by atoms with E-state index in [1.165, 1.54) is 0 Å². The minimum absolute atomic E-state index is 0.128. The summed E-state index contributed by atoms with van der Waals surface area (Å²) in [6.45, 7) is 7.09. The van der Waals surface area contributed by atoms with Crippen LogP contribution >= 0.6 is 15.2 Å². The van der Waals surface area contributed by atoms with Crippen molar-refractivity contribution in [1.82, 2.24) is 0 Å². The molecule has 0 aliphatic heterocycles. The zero-order valence-electron chi connectivity index (χ0n) is 14.0. The predicted octanol–water partition coefficient (Wildman–Crippen LogP) is 1.92. The van der Waals surface area contributed by atoms with Crippen LogP contribution in [0, 0.1) is 0 Å². The van der Waals surface area contributed by atoms with Crippen molar-refractivity contribution in [1.29, 1.82) is 0 Å². The van der Waals surface area contributed by atoms with Gasteiger partial charge in [-0.3, -0.25) is 9.13 Å². The van der Waals surface area contributed by atoms with Crippen molar-refractivity contribution in [2.45, 2.75) is 33.2 Å². The third-order valence-corrected chi connectivity index (χ3v) is 7.53. The van der Waals surface area contributed by atoms with E-state index >= 15 is 0 Å². The molecule has 11 nitrogen and oxygen atoms in total. The van der Waals surface area contributed by atoms with Gasteiger partial charge in [0.2, 0.25) is 5.52 Å². The zero-order chi connectivity index (χ0) is 19.4. The first-order valence-corrected chi connectivity index (χ1v) is 10.3. The highest BCUT2D eigenvalue weighted by molar-refractivity contribution is 7.72. The first-order valence-electron chi connectivity index (χ1n) is 7.03. The molecule has 24 heavy (non-hydrogen) atoms. The fraction of sp³-hybridized carbons (Fsp3) is 0.818. The maximum Gasteiger partial charge on any atom is 0.414 e.